The van der Waals surface area contributed by atoms with Gasteiger partial charge in [0, 0.05) is 36.1 Å². The molecule has 1 aromatic heterocycles. The van der Waals surface area contributed by atoms with Crippen LogP contribution in [0.5, 0.6) is 11.5 Å². The molecule has 1 saturated heterocycles. The molecule has 2 N–H and O–H groups in total. The topological polar surface area (TPSA) is 89.1 Å². The molecule has 2 atom stereocenters. The third-order valence-electron chi connectivity index (χ3n) is 7.58. The molecule has 3 amide bonds. The molecule has 0 radical (unpaired) electrons. The maximum atomic E-state index is 13.8. The van der Waals surface area contributed by atoms with Crippen molar-refractivity contribution in [2.75, 3.05) is 26.2 Å². The van der Waals surface area contributed by atoms with Crippen LogP contribution in [0.15, 0.2) is 42.5 Å². The number of likely N-dealkylation sites (N-methyl/N-ethyl adjacent to an activating group) is 1. The van der Waals surface area contributed by atoms with E-state index in [9.17, 15) is 23.5 Å². The van der Waals surface area contributed by atoms with Crippen LogP contribution < -0.4 is 4.74 Å². The van der Waals surface area contributed by atoms with Crippen molar-refractivity contribution in [3.05, 3.63) is 59.3 Å². The molecule has 196 valence electrons. The Balaban J connectivity index is 1.64. The third-order valence-corrected chi connectivity index (χ3v) is 7.58. The van der Waals surface area contributed by atoms with Crippen LogP contribution >= 0.6 is 0 Å². The number of H-pyrrole nitrogens is 1. The lowest BCUT2D eigenvalue weighted by Crippen LogP contribution is -2.53. The van der Waals surface area contributed by atoms with Crippen LogP contribution in [0.4, 0.5) is 13.6 Å². The maximum Gasteiger partial charge on any atom is 0.387 e. The van der Waals surface area contributed by atoms with Crippen LogP contribution in [0.3, 0.4) is 0 Å². The summed E-state index contributed by atoms with van der Waals surface area (Å²) in [6.07, 6.45) is 0.210. The van der Waals surface area contributed by atoms with E-state index in [0.717, 1.165) is 18.7 Å². The molecule has 1 fully saturated rings. The van der Waals surface area contributed by atoms with Gasteiger partial charge < -0.3 is 19.7 Å². The van der Waals surface area contributed by atoms with Gasteiger partial charge in [-0.3, -0.25) is 14.6 Å². The number of hydrogen-bond donors (Lipinski definition) is 2. The minimum Gasteiger partial charge on any atom is -0.508 e. The smallest absolute Gasteiger partial charge is 0.387 e. The van der Waals surface area contributed by atoms with Crippen molar-refractivity contribution < 1.29 is 28.2 Å². The average molecular weight is 513 g/mol. The van der Waals surface area contributed by atoms with E-state index < -0.39 is 18.2 Å². The number of nitrogens with one attached hydrogen (secondary N) is 1. The summed E-state index contributed by atoms with van der Waals surface area (Å²) in [5.74, 6) is -0.248. The van der Waals surface area contributed by atoms with Crippen molar-refractivity contribution in [3.8, 4) is 11.5 Å². The van der Waals surface area contributed by atoms with Crippen LogP contribution in [0.2, 0.25) is 0 Å². The quantitative estimate of drug-likeness (QED) is 0.435. The molecular weight excluding hydrogens is 482 g/mol. The van der Waals surface area contributed by atoms with Gasteiger partial charge in [0.05, 0.1) is 0 Å². The van der Waals surface area contributed by atoms with E-state index in [-0.39, 0.29) is 36.4 Å². The lowest BCUT2D eigenvalue weighted by atomic mass is 9.81. The van der Waals surface area contributed by atoms with Crippen LogP contribution in [-0.4, -0.2) is 75.1 Å². The molecule has 10 heteroatoms. The van der Waals surface area contributed by atoms with Gasteiger partial charge in [0.2, 0.25) is 0 Å². The van der Waals surface area contributed by atoms with E-state index in [1.54, 1.807) is 42.2 Å². The van der Waals surface area contributed by atoms with Gasteiger partial charge in [-0.25, -0.2) is 4.79 Å². The highest BCUT2D eigenvalue weighted by atomic mass is 19.3. The number of aromatic nitrogens is 1. The normalized spacial score (nSPS) is 21.3. The van der Waals surface area contributed by atoms with Crippen LogP contribution in [0, 0.1) is 0 Å². The van der Waals surface area contributed by atoms with E-state index >= 15 is 0 Å². The van der Waals surface area contributed by atoms with Crippen molar-refractivity contribution >= 4 is 22.8 Å². The van der Waals surface area contributed by atoms with Crippen LogP contribution in [-0.2, 0) is 11.2 Å². The van der Waals surface area contributed by atoms with Gasteiger partial charge in [-0.05, 0) is 61.5 Å². The molecule has 2 aromatic carbocycles. The van der Waals surface area contributed by atoms with Crippen molar-refractivity contribution in [2.45, 2.75) is 45.4 Å². The summed E-state index contributed by atoms with van der Waals surface area (Å²) in [6, 6.07) is 10.2. The summed E-state index contributed by atoms with van der Waals surface area (Å²) >= 11 is 0. The van der Waals surface area contributed by atoms with Crippen molar-refractivity contribution in [2.24, 2.45) is 0 Å². The predicted octanol–water partition coefficient (Wildman–Crippen LogP) is 4.49. The number of rotatable bonds is 8. The molecule has 0 aliphatic carbocycles. The number of phenolic OH excluding ortho intramolecular Hbond substituents is 1. The molecule has 37 heavy (non-hydrogen) atoms. The first-order chi connectivity index (χ1) is 17.7. The number of hydrogen-bond acceptors (Lipinski definition) is 5. The zero-order valence-corrected chi connectivity index (χ0v) is 21.0. The summed E-state index contributed by atoms with van der Waals surface area (Å²) in [6.45, 7) is 5.29. The number of carbonyl (C=O) groups is 2. The highest BCUT2D eigenvalue weighted by Gasteiger charge is 2.60. The van der Waals surface area contributed by atoms with E-state index in [1.165, 1.54) is 17.0 Å². The van der Waals surface area contributed by atoms with Gasteiger partial charge in [0.25, 0.3) is 5.91 Å². The summed E-state index contributed by atoms with van der Waals surface area (Å²) in [5, 5.41) is 10.9. The standard InChI is InChI=1S/C27H30F2N4O4/c1-4-31(5-2)11-12-32-24(35)27(3)15-20-19-14-18(37-25(28)29)9-10-21(19)30-22(20)23(33(27)26(32)36)16-7-6-8-17(34)13-16/h6-10,13-14,23,25,30,34H,4-5,11-12,15H2,1-3H3/t23-,27+/m1/s1. The number of ether oxygens (including phenoxy) is 1. The van der Waals surface area contributed by atoms with Gasteiger partial charge >= 0.3 is 12.6 Å². The minimum absolute atomic E-state index is 0.0143. The van der Waals surface area contributed by atoms with Crippen molar-refractivity contribution in [1.29, 1.82) is 0 Å². The Kier molecular flexibility index (Phi) is 6.31. The molecule has 8 nitrogen and oxygen atoms in total. The Hall–Kier alpha value is -3.66. The number of nitrogens with zero attached hydrogens (tertiary/aromatic N) is 3. The second-order valence-electron chi connectivity index (χ2n) is 9.69. The summed E-state index contributed by atoms with van der Waals surface area (Å²) in [5.41, 5.74) is 1.56. The average Bonchev–Trinajstić information content (AvgIpc) is 3.30. The second kappa shape index (κ2) is 9.33. The molecular formula is C27H30F2N4O4. The molecule has 0 bridgehead atoms. The Morgan fingerprint density at radius 3 is 2.62 bits per heavy atom. The number of alkyl halides is 2. The molecule has 3 aromatic rings. The number of fused-ring (bicyclic) bond motifs is 4. The third kappa shape index (κ3) is 4.09. The van der Waals surface area contributed by atoms with Crippen molar-refractivity contribution in [3.63, 3.8) is 0 Å². The maximum absolute atomic E-state index is 13.8. The number of phenols is 1. The zero-order chi connectivity index (χ0) is 26.5. The number of aromatic hydroxyl groups is 1. The summed E-state index contributed by atoms with van der Waals surface area (Å²) < 4.78 is 30.4. The lowest BCUT2D eigenvalue weighted by Gasteiger charge is -2.42. The van der Waals surface area contributed by atoms with Crippen LogP contribution in [0.25, 0.3) is 10.9 Å². The van der Waals surface area contributed by atoms with E-state index in [2.05, 4.69) is 14.6 Å². The number of amides is 3. The first-order valence-corrected chi connectivity index (χ1v) is 12.4. The van der Waals surface area contributed by atoms with E-state index in [0.29, 0.717) is 28.7 Å². The lowest BCUT2D eigenvalue weighted by molar-refractivity contribution is -0.133. The number of aromatic amines is 1. The molecule has 2 aliphatic rings. The molecule has 0 unspecified atom stereocenters. The fourth-order valence-electron chi connectivity index (χ4n) is 5.69. The largest absolute Gasteiger partial charge is 0.508 e. The van der Waals surface area contributed by atoms with E-state index in [4.69, 9.17) is 0 Å². The van der Waals surface area contributed by atoms with Gasteiger partial charge in [-0.2, -0.15) is 8.78 Å². The first kappa shape index (κ1) is 25.0. The molecule has 2 aliphatic heterocycles. The Labute approximate surface area is 213 Å². The first-order valence-electron chi connectivity index (χ1n) is 12.4. The summed E-state index contributed by atoms with van der Waals surface area (Å²) in [7, 11) is 0. The number of halogens is 2. The highest BCUT2D eigenvalue weighted by molar-refractivity contribution is 6.08. The fraction of sp³-hybridized carbons (Fsp3) is 0.407. The van der Waals surface area contributed by atoms with Gasteiger partial charge in [-0.15, -0.1) is 0 Å². The Morgan fingerprint density at radius 1 is 1.19 bits per heavy atom. The molecule has 5 rings (SSSR count). The van der Waals surface area contributed by atoms with Crippen LogP contribution in [0.1, 0.15) is 43.6 Å². The molecule has 0 saturated carbocycles. The zero-order valence-electron chi connectivity index (χ0n) is 21.0. The SMILES string of the molecule is CCN(CC)CCN1C(=O)N2[C@H](c3cccc(O)c3)c3[nH]c4ccc(OC(F)F)cc4c3C[C@@]2(C)C1=O. The van der Waals surface area contributed by atoms with E-state index in [1.807, 2.05) is 13.8 Å². The fourth-order valence-corrected chi connectivity index (χ4v) is 5.69. The number of urea groups is 1. The van der Waals surface area contributed by atoms with Gasteiger partial charge in [0.15, 0.2) is 0 Å². The number of imide groups is 1. The van der Waals surface area contributed by atoms with Gasteiger partial charge in [0.1, 0.15) is 23.1 Å². The number of benzene rings is 2. The number of carbonyl (C=O) groups excluding carboxylic acids is 2. The molecule has 3 heterocycles. The summed E-state index contributed by atoms with van der Waals surface area (Å²) in [4.78, 5) is 36.1. The van der Waals surface area contributed by atoms with Crippen molar-refractivity contribution in [1.82, 2.24) is 19.7 Å². The minimum atomic E-state index is -2.96. The Morgan fingerprint density at radius 2 is 1.95 bits per heavy atom. The molecule has 0 spiro atoms. The highest BCUT2D eigenvalue weighted by Crippen LogP contribution is 2.49. The van der Waals surface area contributed by atoms with Gasteiger partial charge in [-0.1, -0.05) is 26.0 Å². The Bertz CT molecular complexity index is 1360. The predicted molar refractivity (Wildman–Crippen MR) is 134 cm³/mol. The monoisotopic (exact) mass is 512 g/mol. The second-order valence-corrected chi connectivity index (χ2v) is 9.69.